The van der Waals surface area contributed by atoms with Crippen LogP contribution < -0.4 is 14.5 Å². The molecule has 5 aromatic carbocycles. The fourth-order valence-corrected chi connectivity index (χ4v) is 6.14. The summed E-state index contributed by atoms with van der Waals surface area (Å²) in [5.74, 6) is -0.173. The van der Waals surface area contributed by atoms with Crippen LogP contribution in [0.5, 0.6) is 17.2 Å². The average Bonchev–Trinajstić information content (AvgIpc) is 3.44. The van der Waals surface area contributed by atoms with Gasteiger partial charge in [-0.1, -0.05) is 61.9 Å². The molecule has 0 spiro atoms. The Hall–Kier alpha value is -5.73. The van der Waals surface area contributed by atoms with Crippen molar-refractivity contribution < 1.29 is 29.3 Å². The van der Waals surface area contributed by atoms with E-state index in [1.807, 2.05) is 49.4 Å². The van der Waals surface area contributed by atoms with Crippen molar-refractivity contribution in [2.24, 2.45) is 0 Å². The highest BCUT2D eigenvalue weighted by Gasteiger charge is 2.39. The molecule has 46 heavy (non-hydrogen) atoms. The van der Waals surface area contributed by atoms with Gasteiger partial charge >= 0.3 is 0 Å². The smallest absolute Gasteiger partial charge is 0.266 e. The molecule has 2 heterocycles. The maximum Gasteiger partial charge on any atom is 0.266 e. The summed E-state index contributed by atoms with van der Waals surface area (Å²) in [5.41, 5.74) is 4.72. The number of hydrogen-bond acceptors (Lipinski definition) is 6. The molecule has 2 N–H and O–H groups in total. The monoisotopic (exact) mass is 610 g/mol. The van der Waals surface area contributed by atoms with Gasteiger partial charge in [-0.05, 0) is 84.8 Å². The van der Waals surface area contributed by atoms with Crippen LogP contribution in [-0.4, -0.2) is 27.9 Å². The predicted octanol–water partition coefficient (Wildman–Crippen LogP) is 7.27. The van der Waals surface area contributed by atoms with Gasteiger partial charge in [0.15, 0.2) is 6.23 Å². The van der Waals surface area contributed by atoms with Gasteiger partial charge in [0.05, 0.1) is 16.8 Å². The van der Waals surface area contributed by atoms with Crippen molar-refractivity contribution in [3.8, 4) is 17.2 Å². The molecule has 0 aromatic heterocycles. The zero-order valence-corrected chi connectivity index (χ0v) is 25.4. The van der Waals surface area contributed by atoms with Gasteiger partial charge in [-0.25, -0.2) is 4.90 Å². The van der Waals surface area contributed by atoms with Crippen molar-refractivity contribution in [2.45, 2.75) is 32.4 Å². The first-order valence-corrected chi connectivity index (χ1v) is 14.9. The zero-order valence-electron chi connectivity index (χ0n) is 25.4. The van der Waals surface area contributed by atoms with Gasteiger partial charge in [0.2, 0.25) is 0 Å². The Labute approximate surface area is 265 Å². The number of carbonyl (C=O) groups excluding carboxylic acids is 3. The first-order valence-electron chi connectivity index (χ1n) is 14.9. The van der Waals surface area contributed by atoms with E-state index >= 15 is 0 Å². The normalized spacial score (nSPS) is 15.7. The van der Waals surface area contributed by atoms with Gasteiger partial charge in [-0.15, -0.1) is 0 Å². The summed E-state index contributed by atoms with van der Waals surface area (Å²) in [7, 11) is 0. The molecule has 0 saturated heterocycles. The minimum atomic E-state index is -1.19. The van der Waals surface area contributed by atoms with Crippen LogP contribution in [0.1, 0.15) is 73.4 Å². The number of aryl methyl sites for hydroxylation is 1. The quantitative estimate of drug-likeness (QED) is 0.196. The molecule has 0 fully saturated rings. The Morgan fingerprint density at radius 3 is 2.00 bits per heavy atom. The molecule has 3 amide bonds. The molecule has 1 unspecified atom stereocenters. The molecule has 8 heteroatoms. The van der Waals surface area contributed by atoms with Crippen molar-refractivity contribution in [3.05, 3.63) is 148 Å². The zero-order chi connectivity index (χ0) is 32.3. The molecule has 2 aliphatic heterocycles. The Balaban J connectivity index is 1.11. The molecule has 228 valence electrons. The molecule has 7 rings (SSSR count). The van der Waals surface area contributed by atoms with Crippen molar-refractivity contribution in [3.63, 3.8) is 0 Å². The number of phenols is 1. The molecule has 0 radical (unpaired) electrons. The lowest BCUT2D eigenvalue weighted by atomic mass is 9.78. The van der Waals surface area contributed by atoms with Gasteiger partial charge in [0.25, 0.3) is 17.7 Å². The maximum absolute atomic E-state index is 13.6. The number of carbonyl (C=O) groups is 3. The number of nitrogens with zero attached hydrogens (tertiary/aromatic N) is 2. The number of imide groups is 1. The molecule has 5 aromatic rings. The van der Waals surface area contributed by atoms with E-state index in [0.717, 1.165) is 21.6 Å². The Morgan fingerprint density at radius 2 is 1.28 bits per heavy atom. The van der Waals surface area contributed by atoms with Gasteiger partial charge in [0.1, 0.15) is 17.2 Å². The van der Waals surface area contributed by atoms with Crippen LogP contribution in [0.2, 0.25) is 0 Å². The number of aliphatic hydroxyl groups is 1. The lowest BCUT2D eigenvalue weighted by Crippen LogP contribution is -2.31. The van der Waals surface area contributed by atoms with Crippen molar-refractivity contribution >= 4 is 29.1 Å². The number of aromatic hydroxyl groups is 1. The van der Waals surface area contributed by atoms with Crippen LogP contribution in [0.15, 0.2) is 109 Å². The Morgan fingerprint density at radius 1 is 0.652 bits per heavy atom. The van der Waals surface area contributed by atoms with Crippen LogP contribution in [0.3, 0.4) is 0 Å². The number of benzene rings is 5. The van der Waals surface area contributed by atoms with Crippen LogP contribution in [0.25, 0.3) is 0 Å². The topological polar surface area (TPSA) is 107 Å². The molecule has 0 bridgehead atoms. The first kappa shape index (κ1) is 29.0. The number of aliphatic hydroxyl groups excluding tert-OH is 1. The second-order valence-electron chi connectivity index (χ2n) is 12.1. The summed E-state index contributed by atoms with van der Waals surface area (Å²) in [6.07, 6.45) is -1.19. The highest BCUT2D eigenvalue weighted by Crippen LogP contribution is 2.40. The number of anilines is 2. The van der Waals surface area contributed by atoms with Crippen molar-refractivity contribution in [1.29, 1.82) is 0 Å². The van der Waals surface area contributed by atoms with Crippen LogP contribution in [-0.2, 0) is 5.41 Å². The number of amides is 3. The SMILES string of the molecule is Cc1ccc2c(c1)C(=O)N(c1cccc(N3C(=O)c4ccc(Oc5ccc(C(C)(C)c6ccc(O)cc6)cc5)cc4C3=O)c1)C2O. The van der Waals surface area contributed by atoms with Gasteiger partial charge in [-0.2, -0.15) is 0 Å². The average molecular weight is 611 g/mol. The molecule has 2 aliphatic rings. The molecule has 0 saturated carbocycles. The van der Waals surface area contributed by atoms with E-state index < -0.39 is 18.0 Å². The summed E-state index contributed by atoms with van der Waals surface area (Å²) in [6, 6.07) is 31.3. The summed E-state index contributed by atoms with van der Waals surface area (Å²) >= 11 is 0. The van der Waals surface area contributed by atoms with Crippen LogP contribution >= 0.6 is 0 Å². The second kappa shape index (κ2) is 10.7. The van der Waals surface area contributed by atoms with Crippen LogP contribution in [0.4, 0.5) is 11.4 Å². The lowest BCUT2D eigenvalue weighted by molar-refractivity contribution is 0.0919. The van der Waals surface area contributed by atoms with E-state index in [-0.39, 0.29) is 33.9 Å². The summed E-state index contributed by atoms with van der Waals surface area (Å²) in [5, 5.41) is 20.6. The minimum Gasteiger partial charge on any atom is -0.508 e. The van der Waals surface area contributed by atoms with E-state index in [1.54, 1.807) is 66.7 Å². The van der Waals surface area contributed by atoms with Crippen molar-refractivity contribution in [1.82, 2.24) is 0 Å². The molecule has 0 aliphatic carbocycles. The summed E-state index contributed by atoms with van der Waals surface area (Å²) in [4.78, 5) is 42.6. The van der Waals surface area contributed by atoms with Gasteiger partial charge < -0.3 is 14.9 Å². The Kier molecular flexibility index (Phi) is 6.76. The maximum atomic E-state index is 13.6. The third-order valence-electron chi connectivity index (χ3n) is 8.81. The third kappa shape index (κ3) is 4.71. The van der Waals surface area contributed by atoms with E-state index in [9.17, 15) is 24.6 Å². The van der Waals surface area contributed by atoms with Crippen molar-refractivity contribution in [2.75, 3.05) is 9.80 Å². The third-order valence-corrected chi connectivity index (χ3v) is 8.81. The number of fused-ring (bicyclic) bond motifs is 2. The molecular formula is C38H30N2O6. The van der Waals surface area contributed by atoms with Crippen LogP contribution in [0, 0.1) is 6.92 Å². The summed E-state index contributed by atoms with van der Waals surface area (Å²) < 4.78 is 6.08. The first-order chi connectivity index (χ1) is 22.0. The highest BCUT2D eigenvalue weighted by molar-refractivity contribution is 6.34. The molecular weight excluding hydrogens is 580 g/mol. The van der Waals surface area contributed by atoms with Gasteiger partial charge in [-0.3, -0.25) is 19.3 Å². The second-order valence-corrected chi connectivity index (χ2v) is 12.1. The molecule has 1 atom stereocenters. The Bertz CT molecular complexity index is 2050. The molecule has 8 nitrogen and oxygen atoms in total. The van der Waals surface area contributed by atoms with E-state index in [0.29, 0.717) is 28.3 Å². The minimum absolute atomic E-state index is 0.207. The van der Waals surface area contributed by atoms with E-state index in [4.69, 9.17) is 4.74 Å². The fraction of sp³-hybridized carbons (Fsp3) is 0.132. The van der Waals surface area contributed by atoms with E-state index in [1.165, 1.54) is 4.90 Å². The standard InChI is InChI=1S/C38H30N2O6/c1-22-7-17-30-32(19-22)36(44)39(34(30)42)25-5-4-6-26(20-25)40-35(43)31-18-16-29(21-33(31)37(40)45)46-28-14-10-24(11-15-28)38(2,3)23-8-12-27(41)13-9-23/h4-21,34,41-42H,1-3H3. The predicted molar refractivity (Wildman–Crippen MR) is 174 cm³/mol. The number of hydrogen-bond donors (Lipinski definition) is 2. The largest absolute Gasteiger partial charge is 0.508 e. The fourth-order valence-electron chi connectivity index (χ4n) is 6.14. The van der Waals surface area contributed by atoms with Gasteiger partial charge in [0, 0.05) is 22.2 Å². The summed E-state index contributed by atoms with van der Waals surface area (Å²) in [6.45, 7) is 6.08. The number of phenolic OH excluding ortho intramolecular Hbond substituents is 1. The number of ether oxygens (including phenoxy) is 1. The number of rotatable bonds is 6. The van der Waals surface area contributed by atoms with E-state index in [2.05, 4.69) is 13.8 Å². The highest BCUT2D eigenvalue weighted by atomic mass is 16.5. The lowest BCUT2D eigenvalue weighted by Gasteiger charge is -2.26.